The summed E-state index contributed by atoms with van der Waals surface area (Å²) in [6.07, 6.45) is 29.6. The van der Waals surface area contributed by atoms with E-state index in [-0.39, 0.29) is 5.92 Å². The molecule has 4 rings (SSSR count). The second-order valence-electron chi connectivity index (χ2n) is 13.4. The molecule has 0 heterocycles. The number of aryl methyl sites for hydroxylation is 1. The molecular weight excluding hydrogens is 470 g/mol. The van der Waals surface area contributed by atoms with Gasteiger partial charge in [-0.3, -0.25) is 0 Å². The highest BCUT2D eigenvalue weighted by atomic mass is 19.2. The first-order valence-electron chi connectivity index (χ1n) is 16.7. The second-order valence-corrected chi connectivity index (χ2v) is 13.4. The van der Waals surface area contributed by atoms with Crippen LogP contribution in [0.15, 0.2) is 24.3 Å². The summed E-state index contributed by atoms with van der Waals surface area (Å²) in [5, 5.41) is 0. The number of allylic oxidation sites excluding steroid dienone is 2. The number of hydrogen-bond donors (Lipinski definition) is 0. The Balaban J connectivity index is 1.19. The fourth-order valence-corrected chi connectivity index (χ4v) is 8.25. The van der Waals surface area contributed by atoms with Crippen molar-refractivity contribution in [3.63, 3.8) is 0 Å². The summed E-state index contributed by atoms with van der Waals surface area (Å²) >= 11 is 0. The summed E-state index contributed by atoms with van der Waals surface area (Å²) in [7, 11) is 0. The molecule has 3 saturated carbocycles. The maximum atomic E-state index is 15.2. The van der Waals surface area contributed by atoms with E-state index in [1.165, 1.54) is 103 Å². The largest absolute Gasteiger partial charge is 0.203 e. The first-order valence-corrected chi connectivity index (χ1v) is 16.7. The van der Waals surface area contributed by atoms with Crippen LogP contribution in [0.25, 0.3) is 0 Å². The van der Waals surface area contributed by atoms with E-state index in [1.54, 1.807) is 0 Å². The Bertz CT molecular complexity index is 833. The van der Waals surface area contributed by atoms with Crippen LogP contribution in [0.5, 0.6) is 0 Å². The molecule has 0 N–H and O–H groups in total. The van der Waals surface area contributed by atoms with Crippen molar-refractivity contribution in [3.05, 3.63) is 47.0 Å². The Morgan fingerprint density at radius 2 is 1.32 bits per heavy atom. The third kappa shape index (κ3) is 8.41. The topological polar surface area (TPSA) is 0 Å². The van der Waals surface area contributed by atoms with Gasteiger partial charge < -0.3 is 0 Å². The number of rotatable bonds is 12. The van der Waals surface area contributed by atoms with Crippen molar-refractivity contribution in [3.8, 4) is 0 Å². The van der Waals surface area contributed by atoms with Crippen LogP contribution in [0.3, 0.4) is 0 Å². The molecule has 38 heavy (non-hydrogen) atoms. The SMILES string of the molecule is CCCCCC1CCC(C2CCC(c3ccc(CC/C=C/C4CCC(CCC)CC4)c(F)c3F)CC2)CC1. The second kappa shape index (κ2) is 15.6. The number of hydrogen-bond acceptors (Lipinski definition) is 0. The molecule has 3 aliphatic rings. The fraction of sp³-hybridized carbons (Fsp3) is 0.778. The van der Waals surface area contributed by atoms with Crippen LogP contribution < -0.4 is 0 Å². The van der Waals surface area contributed by atoms with Gasteiger partial charge >= 0.3 is 0 Å². The Morgan fingerprint density at radius 1 is 0.684 bits per heavy atom. The summed E-state index contributed by atoms with van der Waals surface area (Å²) in [4.78, 5) is 0. The fourth-order valence-electron chi connectivity index (χ4n) is 8.25. The highest BCUT2D eigenvalue weighted by Crippen LogP contribution is 2.45. The van der Waals surface area contributed by atoms with Crippen molar-refractivity contribution in [1.29, 1.82) is 0 Å². The third-order valence-electron chi connectivity index (χ3n) is 10.8. The van der Waals surface area contributed by atoms with Gasteiger partial charge in [-0.1, -0.05) is 89.5 Å². The van der Waals surface area contributed by atoms with Gasteiger partial charge in [-0.25, -0.2) is 8.78 Å². The summed E-state index contributed by atoms with van der Waals surface area (Å²) < 4.78 is 30.2. The van der Waals surface area contributed by atoms with Gasteiger partial charge in [-0.05, 0) is 124 Å². The zero-order valence-corrected chi connectivity index (χ0v) is 24.7. The lowest BCUT2D eigenvalue weighted by Crippen LogP contribution is -2.25. The molecule has 1 aromatic carbocycles. The molecule has 214 valence electrons. The molecule has 0 radical (unpaired) electrons. The zero-order chi connectivity index (χ0) is 26.7. The maximum Gasteiger partial charge on any atom is 0.162 e. The van der Waals surface area contributed by atoms with Crippen LogP contribution >= 0.6 is 0 Å². The van der Waals surface area contributed by atoms with Gasteiger partial charge in [-0.15, -0.1) is 0 Å². The molecule has 2 heteroatoms. The van der Waals surface area contributed by atoms with E-state index >= 15 is 8.78 Å². The van der Waals surface area contributed by atoms with Crippen LogP contribution in [0, 0.1) is 41.2 Å². The summed E-state index contributed by atoms with van der Waals surface area (Å²) in [6.45, 7) is 4.58. The predicted molar refractivity (Wildman–Crippen MR) is 158 cm³/mol. The predicted octanol–water partition coefficient (Wildman–Crippen LogP) is 11.7. The minimum Gasteiger partial charge on any atom is -0.203 e. The molecule has 3 aliphatic carbocycles. The van der Waals surface area contributed by atoms with Crippen LogP contribution in [0.4, 0.5) is 8.78 Å². The molecule has 0 bridgehead atoms. The molecule has 0 nitrogen and oxygen atoms in total. The Kier molecular flexibility index (Phi) is 12.2. The van der Waals surface area contributed by atoms with E-state index in [0.717, 1.165) is 42.9 Å². The van der Waals surface area contributed by atoms with Crippen molar-refractivity contribution in [2.24, 2.45) is 29.6 Å². The van der Waals surface area contributed by atoms with E-state index < -0.39 is 11.6 Å². The lowest BCUT2D eigenvalue weighted by Gasteiger charge is -2.38. The van der Waals surface area contributed by atoms with Crippen LogP contribution in [0.1, 0.15) is 153 Å². The minimum absolute atomic E-state index is 0.197. The first kappa shape index (κ1) is 29.8. The molecule has 3 fully saturated rings. The maximum absolute atomic E-state index is 15.2. The summed E-state index contributed by atoms with van der Waals surface area (Å²) in [5.74, 6) is 3.31. The van der Waals surface area contributed by atoms with Gasteiger partial charge in [-0.2, -0.15) is 0 Å². The standard InChI is InChI=1S/C36H56F2/c1-3-5-6-10-29-17-19-30(20-18-29)31-21-23-32(24-22-31)34-26-25-33(35(37)36(34)38)12-8-7-11-28-15-13-27(9-4-2)14-16-28/h7,11,25-32H,3-6,8-10,12-24H2,1-2H3/b11-7+. The highest BCUT2D eigenvalue weighted by molar-refractivity contribution is 5.30. The van der Waals surface area contributed by atoms with E-state index in [2.05, 4.69) is 26.0 Å². The normalized spacial score (nSPS) is 30.6. The molecule has 0 saturated heterocycles. The first-order chi connectivity index (χ1) is 18.6. The molecule has 1 aromatic rings. The van der Waals surface area contributed by atoms with Gasteiger partial charge in [0.05, 0.1) is 0 Å². The van der Waals surface area contributed by atoms with Crippen LogP contribution in [0.2, 0.25) is 0 Å². The van der Waals surface area contributed by atoms with Crippen molar-refractivity contribution in [1.82, 2.24) is 0 Å². The average Bonchev–Trinajstić information content (AvgIpc) is 2.95. The van der Waals surface area contributed by atoms with Crippen molar-refractivity contribution < 1.29 is 8.78 Å². The Morgan fingerprint density at radius 3 is 1.97 bits per heavy atom. The average molecular weight is 527 g/mol. The van der Waals surface area contributed by atoms with E-state index in [9.17, 15) is 0 Å². The number of unbranched alkanes of at least 4 members (excludes halogenated alkanes) is 2. The molecule has 0 amide bonds. The molecule has 0 aliphatic heterocycles. The molecule has 0 atom stereocenters. The van der Waals surface area contributed by atoms with Gasteiger partial charge in [0.1, 0.15) is 0 Å². The minimum atomic E-state index is -0.584. The lowest BCUT2D eigenvalue weighted by molar-refractivity contribution is 0.155. The van der Waals surface area contributed by atoms with Crippen molar-refractivity contribution in [2.45, 2.75) is 148 Å². The Hall–Kier alpha value is -1.18. The summed E-state index contributed by atoms with van der Waals surface area (Å²) in [6, 6.07) is 3.79. The van der Waals surface area contributed by atoms with Crippen molar-refractivity contribution in [2.75, 3.05) is 0 Å². The molecular formula is C36H56F2. The van der Waals surface area contributed by atoms with Gasteiger partial charge in [0.15, 0.2) is 11.6 Å². The highest BCUT2D eigenvalue weighted by Gasteiger charge is 2.32. The summed E-state index contributed by atoms with van der Waals surface area (Å²) in [5.41, 5.74) is 1.19. The molecule has 0 spiro atoms. The van der Waals surface area contributed by atoms with Crippen LogP contribution in [-0.4, -0.2) is 0 Å². The van der Waals surface area contributed by atoms with Gasteiger partial charge in [0, 0.05) is 0 Å². The molecule has 0 unspecified atom stereocenters. The van der Waals surface area contributed by atoms with E-state index in [4.69, 9.17) is 0 Å². The smallest absolute Gasteiger partial charge is 0.162 e. The number of halogens is 2. The van der Waals surface area contributed by atoms with E-state index in [0.29, 0.717) is 23.5 Å². The third-order valence-corrected chi connectivity index (χ3v) is 10.8. The van der Waals surface area contributed by atoms with Gasteiger partial charge in [0.25, 0.3) is 0 Å². The molecule has 0 aromatic heterocycles. The number of benzene rings is 1. The van der Waals surface area contributed by atoms with Crippen molar-refractivity contribution >= 4 is 0 Å². The van der Waals surface area contributed by atoms with Gasteiger partial charge in [0.2, 0.25) is 0 Å². The quantitative estimate of drug-likeness (QED) is 0.188. The van der Waals surface area contributed by atoms with E-state index in [1.807, 2.05) is 12.1 Å². The zero-order valence-electron chi connectivity index (χ0n) is 24.7. The monoisotopic (exact) mass is 526 g/mol. The van der Waals surface area contributed by atoms with Crippen LogP contribution in [-0.2, 0) is 6.42 Å². The Labute approximate surface area is 233 Å². The lowest BCUT2D eigenvalue weighted by atomic mass is 9.68.